The lowest BCUT2D eigenvalue weighted by Crippen LogP contribution is -2.34. The largest absolute Gasteiger partial charge is 0.308 e. The van der Waals surface area contributed by atoms with Gasteiger partial charge < -0.3 is 5.32 Å². The van der Waals surface area contributed by atoms with Crippen molar-refractivity contribution in [2.75, 3.05) is 5.32 Å². The highest BCUT2D eigenvalue weighted by Gasteiger charge is 2.13. The first-order valence-electron chi connectivity index (χ1n) is 6.46. The molecule has 2 N–H and O–H groups in total. The van der Waals surface area contributed by atoms with E-state index in [4.69, 9.17) is 23.8 Å². The number of para-hydroxylation sites is 1. The van der Waals surface area contributed by atoms with Gasteiger partial charge in [-0.05, 0) is 42.5 Å². The summed E-state index contributed by atoms with van der Waals surface area (Å²) in [6.07, 6.45) is 0. The molecule has 3 aromatic rings. The fourth-order valence-electron chi connectivity index (χ4n) is 1.90. The molecule has 116 valence electrons. The summed E-state index contributed by atoms with van der Waals surface area (Å²) in [5, 5.41) is 6.67. The third-order valence-electron chi connectivity index (χ3n) is 2.91. The van der Waals surface area contributed by atoms with E-state index < -0.39 is 0 Å². The second-order valence-electron chi connectivity index (χ2n) is 4.52. The van der Waals surface area contributed by atoms with Crippen LogP contribution in [-0.4, -0.2) is 16.0 Å². The number of amides is 1. The maximum Gasteiger partial charge on any atom is 0.258 e. The summed E-state index contributed by atoms with van der Waals surface area (Å²) < 4.78 is 1.80. The van der Waals surface area contributed by atoms with Crippen molar-refractivity contribution in [1.82, 2.24) is 10.3 Å². The number of aromatic nitrogens is 1. The second-order valence-corrected chi connectivity index (χ2v) is 7.28. The molecule has 23 heavy (non-hydrogen) atoms. The standard InChI is InChI=1S/C15H9BrClN3OS2/c16-8-5-6-10(17)9(7-8)13(21)19-14(22)20-15-18-11-3-1-2-4-12(11)23-15/h1-7H,(H2,18,19,20,21,22). The lowest BCUT2D eigenvalue weighted by molar-refractivity contribution is 0.0978. The Kier molecular flexibility index (Phi) is 4.91. The molecule has 0 aliphatic heterocycles. The van der Waals surface area contributed by atoms with Crippen LogP contribution in [-0.2, 0) is 0 Å². The molecule has 1 amide bonds. The van der Waals surface area contributed by atoms with Gasteiger partial charge in [0.2, 0.25) is 0 Å². The number of hydrogen-bond donors (Lipinski definition) is 2. The number of rotatable bonds is 2. The van der Waals surface area contributed by atoms with E-state index in [1.54, 1.807) is 18.2 Å². The Morgan fingerprint density at radius 1 is 1.26 bits per heavy atom. The van der Waals surface area contributed by atoms with E-state index in [0.717, 1.165) is 14.7 Å². The summed E-state index contributed by atoms with van der Waals surface area (Å²) in [6.45, 7) is 0. The first-order chi connectivity index (χ1) is 11.0. The number of nitrogens with one attached hydrogen (secondary N) is 2. The SMILES string of the molecule is O=C(NC(=S)Nc1nc2ccccc2s1)c1cc(Br)ccc1Cl. The Labute approximate surface area is 155 Å². The Morgan fingerprint density at radius 3 is 2.83 bits per heavy atom. The van der Waals surface area contributed by atoms with Crippen LogP contribution in [0.1, 0.15) is 10.4 Å². The van der Waals surface area contributed by atoms with Crippen LogP contribution in [0.2, 0.25) is 5.02 Å². The number of hydrogen-bond acceptors (Lipinski definition) is 4. The van der Waals surface area contributed by atoms with Crippen LogP contribution < -0.4 is 10.6 Å². The first kappa shape index (κ1) is 16.3. The van der Waals surface area contributed by atoms with E-state index in [2.05, 4.69) is 31.5 Å². The predicted molar refractivity (Wildman–Crippen MR) is 102 cm³/mol. The molecule has 1 aromatic heterocycles. The van der Waals surface area contributed by atoms with Crippen molar-refractivity contribution in [3.63, 3.8) is 0 Å². The molecule has 0 spiro atoms. The number of thiocarbonyl (C=S) groups is 1. The highest BCUT2D eigenvalue weighted by molar-refractivity contribution is 9.10. The zero-order valence-electron chi connectivity index (χ0n) is 11.5. The van der Waals surface area contributed by atoms with E-state index in [1.165, 1.54) is 11.3 Å². The summed E-state index contributed by atoms with van der Waals surface area (Å²) in [6, 6.07) is 12.8. The zero-order chi connectivity index (χ0) is 16.4. The lowest BCUT2D eigenvalue weighted by Gasteiger charge is -2.08. The number of carbonyl (C=O) groups is 1. The quantitative estimate of drug-likeness (QED) is 0.576. The molecule has 0 bridgehead atoms. The van der Waals surface area contributed by atoms with Crippen LogP contribution in [0.25, 0.3) is 10.2 Å². The minimum Gasteiger partial charge on any atom is -0.308 e. The van der Waals surface area contributed by atoms with E-state index in [0.29, 0.717) is 15.7 Å². The summed E-state index contributed by atoms with van der Waals surface area (Å²) in [5.41, 5.74) is 1.22. The van der Waals surface area contributed by atoms with Crippen molar-refractivity contribution >= 4 is 77.5 Å². The molecule has 3 rings (SSSR count). The van der Waals surface area contributed by atoms with Crippen LogP contribution in [0.5, 0.6) is 0 Å². The van der Waals surface area contributed by atoms with Gasteiger partial charge in [0.15, 0.2) is 10.2 Å². The molecule has 2 aromatic carbocycles. The van der Waals surface area contributed by atoms with Gasteiger partial charge in [-0.2, -0.15) is 0 Å². The molecule has 0 saturated heterocycles. The number of anilines is 1. The number of carbonyl (C=O) groups excluding carboxylic acids is 1. The van der Waals surface area contributed by atoms with Crippen LogP contribution >= 0.6 is 51.1 Å². The van der Waals surface area contributed by atoms with E-state index in [-0.39, 0.29) is 11.0 Å². The van der Waals surface area contributed by atoms with Gasteiger partial charge in [-0.1, -0.05) is 51.0 Å². The van der Waals surface area contributed by atoms with Gasteiger partial charge >= 0.3 is 0 Å². The average molecular weight is 427 g/mol. The fourth-order valence-corrected chi connectivity index (χ4v) is 3.58. The fraction of sp³-hybridized carbons (Fsp3) is 0. The predicted octanol–water partition coefficient (Wildman–Crippen LogP) is 4.84. The molecule has 0 atom stereocenters. The van der Waals surface area contributed by atoms with Crippen LogP contribution in [0.4, 0.5) is 5.13 Å². The highest BCUT2D eigenvalue weighted by atomic mass is 79.9. The zero-order valence-corrected chi connectivity index (χ0v) is 15.4. The smallest absolute Gasteiger partial charge is 0.258 e. The Hall–Kier alpha value is -1.54. The third kappa shape index (κ3) is 3.87. The van der Waals surface area contributed by atoms with Crippen molar-refractivity contribution in [2.24, 2.45) is 0 Å². The maximum absolute atomic E-state index is 12.2. The summed E-state index contributed by atoms with van der Waals surface area (Å²) in [5.74, 6) is -0.380. The van der Waals surface area contributed by atoms with Gasteiger partial charge in [0.25, 0.3) is 5.91 Å². The topological polar surface area (TPSA) is 54.0 Å². The average Bonchev–Trinajstić information content (AvgIpc) is 2.91. The summed E-state index contributed by atoms with van der Waals surface area (Å²) in [7, 11) is 0. The number of thiazole rings is 1. The van der Waals surface area contributed by atoms with E-state index in [1.807, 2.05) is 24.3 Å². The molecule has 0 aliphatic rings. The molecular weight excluding hydrogens is 418 g/mol. The molecule has 0 radical (unpaired) electrons. The first-order valence-corrected chi connectivity index (χ1v) is 8.85. The molecule has 8 heteroatoms. The van der Waals surface area contributed by atoms with Gasteiger partial charge in [0.1, 0.15) is 0 Å². The highest BCUT2D eigenvalue weighted by Crippen LogP contribution is 2.25. The Balaban J connectivity index is 1.71. The van der Waals surface area contributed by atoms with Gasteiger partial charge in [0, 0.05) is 4.47 Å². The number of benzene rings is 2. The van der Waals surface area contributed by atoms with Crippen LogP contribution in [0.3, 0.4) is 0 Å². The summed E-state index contributed by atoms with van der Waals surface area (Å²) in [4.78, 5) is 16.6. The third-order valence-corrected chi connectivity index (χ3v) is 4.89. The van der Waals surface area contributed by atoms with Crippen molar-refractivity contribution in [3.8, 4) is 0 Å². The molecule has 0 saturated carbocycles. The number of halogens is 2. The van der Waals surface area contributed by atoms with Crippen molar-refractivity contribution < 1.29 is 4.79 Å². The molecular formula is C15H9BrClN3OS2. The normalized spacial score (nSPS) is 10.5. The maximum atomic E-state index is 12.2. The number of nitrogens with zero attached hydrogens (tertiary/aromatic N) is 1. The number of fused-ring (bicyclic) bond motifs is 1. The van der Waals surface area contributed by atoms with Crippen LogP contribution in [0.15, 0.2) is 46.9 Å². The monoisotopic (exact) mass is 425 g/mol. The molecule has 1 heterocycles. The van der Waals surface area contributed by atoms with Gasteiger partial charge in [-0.15, -0.1) is 0 Å². The molecule has 4 nitrogen and oxygen atoms in total. The Bertz CT molecular complexity index is 880. The van der Waals surface area contributed by atoms with E-state index in [9.17, 15) is 4.79 Å². The van der Waals surface area contributed by atoms with Crippen LogP contribution in [0, 0.1) is 0 Å². The molecule has 0 aliphatic carbocycles. The minimum absolute atomic E-state index is 0.171. The van der Waals surface area contributed by atoms with Gasteiger partial charge in [-0.3, -0.25) is 10.1 Å². The lowest BCUT2D eigenvalue weighted by atomic mass is 10.2. The van der Waals surface area contributed by atoms with Crippen molar-refractivity contribution in [2.45, 2.75) is 0 Å². The van der Waals surface area contributed by atoms with E-state index >= 15 is 0 Å². The van der Waals surface area contributed by atoms with Crippen molar-refractivity contribution in [3.05, 3.63) is 57.5 Å². The Morgan fingerprint density at radius 2 is 2.04 bits per heavy atom. The van der Waals surface area contributed by atoms with Crippen molar-refractivity contribution in [1.29, 1.82) is 0 Å². The molecule has 0 fully saturated rings. The molecule has 0 unspecified atom stereocenters. The summed E-state index contributed by atoms with van der Waals surface area (Å²) >= 11 is 16.0. The minimum atomic E-state index is -0.380. The van der Waals surface area contributed by atoms with Gasteiger partial charge in [0.05, 0.1) is 20.8 Å². The van der Waals surface area contributed by atoms with Gasteiger partial charge in [-0.25, -0.2) is 4.98 Å². The second kappa shape index (κ2) is 6.92.